The van der Waals surface area contributed by atoms with Crippen molar-refractivity contribution in [1.82, 2.24) is 25.1 Å². The number of urea groups is 1. The van der Waals surface area contributed by atoms with Crippen LogP contribution in [-0.4, -0.2) is 76.0 Å². The van der Waals surface area contributed by atoms with Crippen molar-refractivity contribution in [3.63, 3.8) is 0 Å². The molecule has 2 heterocycles. The zero-order chi connectivity index (χ0) is 25.2. The van der Waals surface area contributed by atoms with Gasteiger partial charge in [-0.05, 0) is 18.4 Å². The summed E-state index contributed by atoms with van der Waals surface area (Å²) >= 11 is 0. The number of likely N-dealkylation sites (N-methyl/N-ethyl adjacent to an activating group) is 1. The molecule has 2 aliphatic rings. The van der Waals surface area contributed by atoms with Crippen LogP contribution in [-0.2, 0) is 16.1 Å². The second kappa shape index (κ2) is 13.5. The maximum absolute atomic E-state index is 13.5. The highest BCUT2D eigenvalue weighted by Gasteiger charge is 2.50. The first-order valence-electron chi connectivity index (χ1n) is 13.5. The average Bonchev–Trinajstić information content (AvgIpc) is 2.87. The number of amides is 4. The third-order valence-electron chi connectivity index (χ3n) is 7.05. The number of rotatable bonds is 12. The van der Waals surface area contributed by atoms with Crippen molar-refractivity contribution in [1.29, 1.82) is 0 Å². The highest BCUT2D eigenvalue weighted by Crippen LogP contribution is 2.29. The summed E-state index contributed by atoms with van der Waals surface area (Å²) in [6.45, 7) is 8.33. The molecule has 0 radical (unpaired) electrons. The number of piperazine rings is 1. The lowest BCUT2D eigenvalue weighted by Gasteiger charge is -2.55. The number of unbranched alkanes of at least 4 members (excludes halogenated alkanes) is 5. The third kappa shape index (κ3) is 6.75. The summed E-state index contributed by atoms with van der Waals surface area (Å²) in [4.78, 5) is 43.8. The molecule has 2 atom stereocenters. The number of hydrazine groups is 1. The van der Waals surface area contributed by atoms with Crippen LogP contribution in [0, 0.1) is 0 Å². The van der Waals surface area contributed by atoms with Crippen LogP contribution in [0.15, 0.2) is 30.3 Å². The molecule has 194 valence electrons. The Bertz CT molecular complexity index is 833. The smallest absolute Gasteiger partial charge is 0.334 e. The maximum Gasteiger partial charge on any atom is 0.334 e. The van der Waals surface area contributed by atoms with Crippen LogP contribution in [0.25, 0.3) is 0 Å². The molecule has 0 aliphatic carbocycles. The number of hydrogen-bond acceptors (Lipinski definition) is 4. The molecule has 1 aromatic rings. The van der Waals surface area contributed by atoms with E-state index >= 15 is 0 Å². The molecule has 8 nitrogen and oxygen atoms in total. The lowest BCUT2D eigenvalue weighted by Crippen LogP contribution is -2.76. The van der Waals surface area contributed by atoms with Crippen LogP contribution in [0.2, 0.25) is 0 Å². The van der Waals surface area contributed by atoms with E-state index in [0.717, 1.165) is 31.2 Å². The Morgan fingerprint density at radius 3 is 2.37 bits per heavy atom. The van der Waals surface area contributed by atoms with E-state index in [-0.39, 0.29) is 24.4 Å². The summed E-state index contributed by atoms with van der Waals surface area (Å²) in [5.41, 5.74) is 1.02. The molecule has 2 saturated heterocycles. The standard InChI is InChI=1S/C27H43N5O3/c1-4-7-9-10-14-18-29-20-24-31(23(26(29)34)17-8-5-2)25(33)21-30(6-3)32(24)27(35)28-19-22-15-12-11-13-16-22/h11-13,15-16,23-24H,4-10,14,17-21H2,1-3H3,(H,28,35)/t23-,24-/m0/s1. The normalized spacial score (nSPS) is 20.8. The second-order valence-corrected chi connectivity index (χ2v) is 9.61. The lowest BCUT2D eigenvalue weighted by atomic mass is 10.0. The lowest BCUT2D eigenvalue weighted by molar-refractivity contribution is -0.190. The fourth-order valence-electron chi connectivity index (χ4n) is 5.10. The van der Waals surface area contributed by atoms with Crippen LogP contribution in [0.3, 0.4) is 0 Å². The van der Waals surface area contributed by atoms with Gasteiger partial charge in [-0.1, -0.05) is 89.6 Å². The largest absolute Gasteiger partial charge is 0.337 e. The van der Waals surface area contributed by atoms with Crippen molar-refractivity contribution < 1.29 is 14.4 Å². The monoisotopic (exact) mass is 485 g/mol. The van der Waals surface area contributed by atoms with Crippen LogP contribution in [0.4, 0.5) is 4.79 Å². The minimum absolute atomic E-state index is 0.0353. The van der Waals surface area contributed by atoms with E-state index in [1.165, 1.54) is 19.3 Å². The van der Waals surface area contributed by atoms with E-state index in [4.69, 9.17) is 0 Å². The number of benzene rings is 1. The first-order valence-corrected chi connectivity index (χ1v) is 13.5. The predicted molar refractivity (Wildman–Crippen MR) is 137 cm³/mol. The van der Waals surface area contributed by atoms with E-state index < -0.39 is 12.2 Å². The molecular formula is C27H43N5O3. The van der Waals surface area contributed by atoms with Gasteiger partial charge < -0.3 is 15.1 Å². The van der Waals surface area contributed by atoms with Crippen molar-refractivity contribution in [2.45, 2.75) is 90.9 Å². The van der Waals surface area contributed by atoms with Gasteiger partial charge in [-0.15, -0.1) is 0 Å². The van der Waals surface area contributed by atoms with Crippen molar-refractivity contribution in [2.24, 2.45) is 0 Å². The van der Waals surface area contributed by atoms with E-state index in [1.807, 2.05) is 47.2 Å². The zero-order valence-corrected chi connectivity index (χ0v) is 21.7. The van der Waals surface area contributed by atoms with Crippen LogP contribution >= 0.6 is 0 Å². The summed E-state index contributed by atoms with van der Waals surface area (Å²) < 4.78 is 0. The summed E-state index contributed by atoms with van der Waals surface area (Å²) in [5.74, 6) is -0.0332. The van der Waals surface area contributed by atoms with Crippen molar-refractivity contribution in [3.8, 4) is 0 Å². The molecule has 8 heteroatoms. The summed E-state index contributed by atoms with van der Waals surface area (Å²) in [6, 6.07) is 9.07. The van der Waals surface area contributed by atoms with Gasteiger partial charge in [0.15, 0.2) is 0 Å². The molecule has 1 N–H and O–H groups in total. The Kier molecular flexibility index (Phi) is 10.4. The van der Waals surface area contributed by atoms with Crippen LogP contribution in [0.5, 0.6) is 0 Å². The molecule has 2 aliphatic heterocycles. The van der Waals surface area contributed by atoms with E-state index in [9.17, 15) is 14.4 Å². The van der Waals surface area contributed by atoms with Crippen molar-refractivity contribution in [3.05, 3.63) is 35.9 Å². The molecule has 0 aromatic heterocycles. The molecule has 4 amide bonds. The highest BCUT2D eigenvalue weighted by molar-refractivity contribution is 5.91. The number of carbonyl (C=O) groups is 3. The number of nitrogens with one attached hydrogen (secondary N) is 1. The Balaban J connectivity index is 1.80. The highest BCUT2D eigenvalue weighted by atomic mass is 16.2. The second-order valence-electron chi connectivity index (χ2n) is 9.61. The molecule has 0 unspecified atom stereocenters. The van der Waals surface area contributed by atoms with E-state index in [0.29, 0.717) is 32.6 Å². The Hall–Kier alpha value is -2.61. The minimum atomic E-state index is -0.500. The summed E-state index contributed by atoms with van der Waals surface area (Å²) in [7, 11) is 0. The molecule has 3 rings (SSSR count). The fraction of sp³-hybridized carbons (Fsp3) is 0.667. The van der Waals surface area contributed by atoms with E-state index in [1.54, 1.807) is 9.91 Å². The predicted octanol–water partition coefficient (Wildman–Crippen LogP) is 3.97. The van der Waals surface area contributed by atoms with Gasteiger partial charge in [0.1, 0.15) is 12.2 Å². The quantitative estimate of drug-likeness (QED) is 0.455. The number of fused-ring (bicyclic) bond motifs is 1. The van der Waals surface area contributed by atoms with Gasteiger partial charge in [0.05, 0.1) is 13.1 Å². The first-order chi connectivity index (χ1) is 17.0. The maximum atomic E-state index is 13.5. The Labute approximate surface area is 210 Å². The number of nitrogens with zero attached hydrogens (tertiary/aromatic N) is 4. The minimum Gasteiger partial charge on any atom is -0.337 e. The molecule has 1 aromatic carbocycles. The van der Waals surface area contributed by atoms with Gasteiger partial charge in [-0.3, -0.25) is 9.59 Å². The molecule has 0 saturated carbocycles. The van der Waals surface area contributed by atoms with Gasteiger partial charge in [0.25, 0.3) is 0 Å². The molecular weight excluding hydrogens is 442 g/mol. The molecule has 0 spiro atoms. The molecule has 35 heavy (non-hydrogen) atoms. The SMILES string of the molecule is CCCCCCCN1C[C@H]2N(C(=O)CN(CC)N2C(=O)NCc2ccccc2)[C@@H](CCCC)C1=O. The van der Waals surface area contributed by atoms with Gasteiger partial charge >= 0.3 is 6.03 Å². The Morgan fingerprint density at radius 2 is 1.69 bits per heavy atom. The Morgan fingerprint density at radius 1 is 0.971 bits per heavy atom. The number of hydrogen-bond donors (Lipinski definition) is 1. The first kappa shape index (κ1) is 27.0. The van der Waals surface area contributed by atoms with Gasteiger partial charge in [-0.25, -0.2) is 14.8 Å². The zero-order valence-electron chi connectivity index (χ0n) is 21.7. The van der Waals surface area contributed by atoms with Crippen molar-refractivity contribution in [2.75, 3.05) is 26.2 Å². The van der Waals surface area contributed by atoms with Gasteiger partial charge in [0, 0.05) is 19.6 Å². The third-order valence-corrected chi connectivity index (χ3v) is 7.05. The summed E-state index contributed by atoms with van der Waals surface area (Å²) in [6.07, 6.45) is 7.57. The molecule has 0 bridgehead atoms. The number of carbonyl (C=O) groups excluding carboxylic acids is 3. The van der Waals surface area contributed by atoms with E-state index in [2.05, 4.69) is 19.2 Å². The van der Waals surface area contributed by atoms with Gasteiger partial charge in [0.2, 0.25) is 11.8 Å². The summed E-state index contributed by atoms with van der Waals surface area (Å²) in [5, 5.41) is 6.54. The molecule has 2 fully saturated rings. The fourth-order valence-corrected chi connectivity index (χ4v) is 5.10. The van der Waals surface area contributed by atoms with Crippen molar-refractivity contribution >= 4 is 17.8 Å². The van der Waals surface area contributed by atoms with Crippen LogP contribution < -0.4 is 5.32 Å². The van der Waals surface area contributed by atoms with Gasteiger partial charge in [-0.2, -0.15) is 0 Å². The average molecular weight is 486 g/mol. The topological polar surface area (TPSA) is 76.2 Å². The van der Waals surface area contributed by atoms with Crippen LogP contribution in [0.1, 0.15) is 77.7 Å².